The van der Waals surface area contributed by atoms with E-state index in [0.29, 0.717) is 21.9 Å². The molecule has 1 unspecified atom stereocenters. The highest BCUT2D eigenvalue weighted by Gasteiger charge is 2.24. The molecular formula is C23H27FN4O3S2. The van der Waals surface area contributed by atoms with Crippen molar-refractivity contribution in [2.75, 3.05) is 0 Å². The molecule has 7 nitrogen and oxygen atoms in total. The van der Waals surface area contributed by atoms with Crippen molar-refractivity contribution in [1.82, 2.24) is 20.2 Å². The van der Waals surface area contributed by atoms with Crippen LogP contribution < -0.4 is 16.2 Å². The van der Waals surface area contributed by atoms with Gasteiger partial charge in [0.05, 0.1) is 10.6 Å². The van der Waals surface area contributed by atoms with Gasteiger partial charge in [0.15, 0.2) is 5.16 Å². The first kappa shape index (κ1) is 24.9. The number of hydrogen-bond donors (Lipinski definition) is 2. The molecule has 0 spiro atoms. The Morgan fingerprint density at radius 3 is 2.45 bits per heavy atom. The lowest BCUT2D eigenvalue weighted by atomic mass is 10.0. The van der Waals surface area contributed by atoms with E-state index in [0.717, 1.165) is 27.8 Å². The highest BCUT2D eigenvalue weighted by atomic mass is 32.2. The van der Waals surface area contributed by atoms with Crippen LogP contribution in [0.5, 0.6) is 0 Å². The van der Waals surface area contributed by atoms with Gasteiger partial charge in [0.1, 0.15) is 10.6 Å². The van der Waals surface area contributed by atoms with Gasteiger partial charge < -0.3 is 5.32 Å². The zero-order valence-electron chi connectivity index (χ0n) is 19.4. The van der Waals surface area contributed by atoms with Gasteiger partial charge in [0.25, 0.3) is 5.56 Å². The van der Waals surface area contributed by atoms with Crippen molar-refractivity contribution in [3.05, 3.63) is 45.3 Å². The van der Waals surface area contributed by atoms with Crippen LogP contribution in [-0.4, -0.2) is 32.3 Å². The SMILES string of the molecule is CCn1c(SC(C)C(=O)NC(=O)NC(C)(C)C)nc2sc(C)c(-c3ccc(F)cc3)c2c1=O. The van der Waals surface area contributed by atoms with E-state index in [2.05, 4.69) is 15.6 Å². The van der Waals surface area contributed by atoms with Gasteiger partial charge in [-0.3, -0.25) is 19.5 Å². The quantitative estimate of drug-likeness (QED) is 0.400. The molecule has 0 radical (unpaired) electrons. The molecule has 2 N–H and O–H groups in total. The van der Waals surface area contributed by atoms with E-state index in [1.807, 2.05) is 34.6 Å². The molecule has 3 amide bonds. The highest BCUT2D eigenvalue weighted by molar-refractivity contribution is 8.00. The summed E-state index contributed by atoms with van der Waals surface area (Å²) < 4.78 is 14.9. The predicted octanol–water partition coefficient (Wildman–Crippen LogP) is 4.70. The van der Waals surface area contributed by atoms with Crippen molar-refractivity contribution in [1.29, 1.82) is 0 Å². The number of thioether (sulfide) groups is 1. The number of fused-ring (bicyclic) bond motifs is 1. The summed E-state index contributed by atoms with van der Waals surface area (Å²) in [6.07, 6.45) is 0. The van der Waals surface area contributed by atoms with Crippen molar-refractivity contribution >= 4 is 45.3 Å². The molecule has 1 aromatic carbocycles. The van der Waals surface area contributed by atoms with Crippen LogP contribution >= 0.6 is 23.1 Å². The fourth-order valence-corrected chi connectivity index (χ4v) is 5.36. The third kappa shape index (κ3) is 5.62. The van der Waals surface area contributed by atoms with Crippen LogP contribution in [0.1, 0.15) is 39.5 Å². The first-order valence-electron chi connectivity index (χ1n) is 10.5. The van der Waals surface area contributed by atoms with E-state index < -0.39 is 22.7 Å². The molecule has 0 aliphatic rings. The normalized spacial score (nSPS) is 12.6. The van der Waals surface area contributed by atoms with E-state index in [4.69, 9.17) is 0 Å². The Hall–Kier alpha value is -2.72. The first-order chi connectivity index (χ1) is 15.4. The number of nitrogens with zero attached hydrogens (tertiary/aromatic N) is 2. The minimum absolute atomic E-state index is 0.216. The number of halogens is 1. The van der Waals surface area contributed by atoms with Gasteiger partial charge in [0, 0.05) is 22.5 Å². The Bertz CT molecular complexity index is 1260. The van der Waals surface area contributed by atoms with Gasteiger partial charge in [-0.15, -0.1) is 11.3 Å². The number of hydrogen-bond acceptors (Lipinski definition) is 6. The Balaban J connectivity index is 1.95. The van der Waals surface area contributed by atoms with Crippen LogP contribution in [0, 0.1) is 12.7 Å². The molecule has 0 aliphatic carbocycles. The molecule has 0 saturated carbocycles. The van der Waals surface area contributed by atoms with Gasteiger partial charge in [-0.25, -0.2) is 14.2 Å². The summed E-state index contributed by atoms with van der Waals surface area (Å²) in [4.78, 5) is 44.1. The van der Waals surface area contributed by atoms with E-state index in [9.17, 15) is 18.8 Å². The number of urea groups is 1. The summed E-state index contributed by atoms with van der Waals surface area (Å²) in [5.74, 6) is -0.824. The van der Waals surface area contributed by atoms with Crippen LogP contribution in [0.15, 0.2) is 34.2 Å². The molecule has 0 fully saturated rings. The molecule has 33 heavy (non-hydrogen) atoms. The van der Waals surface area contributed by atoms with Gasteiger partial charge in [-0.2, -0.15) is 0 Å². The number of nitrogens with one attached hydrogen (secondary N) is 2. The second kappa shape index (κ2) is 9.64. The minimum atomic E-state index is -0.657. The molecular weight excluding hydrogens is 463 g/mol. The van der Waals surface area contributed by atoms with Crippen LogP contribution in [0.3, 0.4) is 0 Å². The van der Waals surface area contributed by atoms with Crippen molar-refractivity contribution in [2.24, 2.45) is 0 Å². The fraction of sp³-hybridized carbons (Fsp3) is 0.391. The number of benzene rings is 1. The number of carbonyl (C=O) groups excluding carboxylic acids is 2. The predicted molar refractivity (Wildman–Crippen MR) is 131 cm³/mol. The first-order valence-corrected chi connectivity index (χ1v) is 12.2. The number of thiophene rings is 1. The maximum absolute atomic E-state index is 13.4. The molecule has 1 atom stereocenters. The van der Waals surface area contributed by atoms with E-state index in [1.165, 1.54) is 28.0 Å². The second-order valence-electron chi connectivity index (χ2n) is 8.62. The summed E-state index contributed by atoms with van der Waals surface area (Å²) in [6, 6.07) is 5.46. The van der Waals surface area contributed by atoms with Crippen LogP contribution in [0.25, 0.3) is 21.3 Å². The van der Waals surface area contributed by atoms with E-state index in [-0.39, 0.29) is 11.4 Å². The zero-order chi connectivity index (χ0) is 24.5. The zero-order valence-corrected chi connectivity index (χ0v) is 21.0. The average molecular weight is 491 g/mol. The van der Waals surface area contributed by atoms with Gasteiger partial charge in [0.2, 0.25) is 5.91 Å². The Morgan fingerprint density at radius 2 is 1.88 bits per heavy atom. The van der Waals surface area contributed by atoms with E-state index >= 15 is 0 Å². The maximum Gasteiger partial charge on any atom is 0.321 e. The lowest BCUT2D eigenvalue weighted by Gasteiger charge is -2.21. The molecule has 0 saturated heterocycles. The van der Waals surface area contributed by atoms with Gasteiger partial charge in [-0.05, 0) is 59.2 Å². The fourth-order valence-electron chi connectivity index (χ4n) is 3.31. The number of aryl methyl sites for hydroxylation is 1. The third-order valence-corrected chi connectivity index (χ3v) is 6.87. The molecule has 3 rings (SSSR count). The molecule has 2 aromatic heterocycles. The Kier molecular flexibility index (Phi) is 7.28. The summed E-state index contributed by atoms with van der Waals surface area (Å²) in [6.45, 7) is 11.2. The van der Waals surface area contributed by atoms with Crippen molar-refractivity contribution in [2.45, 2.75) is 64.0 Å². The number of imide groups is 1. The molecule has 0 aliphatic heterocycles. The molecule has 2 heterocycles. The second-order valence-corrected chi connectivity index (χ2v) is 11.1. The summed E-state index contributed by atoms with van der Waals surface area (Å²) in [5, 5.41) is 5.24. The summed E-state index contributed by atoms with van der Waals surface area (Å²) >= 11 is 2.50. The average Bonchev–Trinajstić information content (AvgIpc) is 3.03. The van der Waals surface area contributed by atoms with Crippen molar-refractivity contribution in [3.8, 4) is 11.1 Å². The van der Waals surface area contributed by atoms with Crippen molar-refractivity contribution in [3.63, 3.8) is 0 Å². The topological polar surface area (TPSA) is 93.1 Å². The Labute approximate surface area is 199 Å². The van der Waals surface area contributed by atoms with Crippen LogP contribution in [0.4, 0.5) is 9.18 Å². The number of carbonyl (C=O) groups is 2. The third-order valence-electron chi connectivity index (χ3n) is 4.78. The van der Waals surface area contributed by atoms with Gasteiger partial charge in [-0.1, -0.05) is 23.9 Å². The molecule has 3 aromatic rings. The lowest BCUT2D eigenvalue weighted by Crippen LogP contribution is -2.49. The van der Waals surface area contributed by atoms with Gasteiger partial charge >= 0.3 is 6.03 Å². The standard InChI is InChI=1S/C23H27FN4O3S2/c1-7-28-20(30)17-16(14-8-10-15(24)11-9-14)12(2)32-19(17)26-22(28)33-13(3)18(29)25-21(31)27-23(4,5)6/h8-11,13H,7H2,1-6H3,(H2,25,27,29,31). The number of aromatic nitrogens is 2. The van der Waals surface area contributed by atoms with Crippen LogP contribution in [-0.2, 0) is 11.3 Å². The molecule has 10 heteroatoms. The number of amides is 3. The minimum Gasteiger partial charge on any atom is -0.333 e. The van der Waals surface area contributed by atoms with Crippen molar-refractivity contribution < 1.29 is 14.0 Å². The Morgan fingerprint density at radius 1 is 1.24 bits per heavy atom. The maximum atomic E-state index is 13.4. The molecule has 0 bridgehead atoms. The van der Waals surface area contributed by atoms with E-state index in [1.54, 1.807) is 19.1 Å². The summed E-state index contributed by atoms with van der Waals surface area (Å²) in [7, 11) is 0. The number of rotatable bonds is 5. The monoisotopic (exact) mass is 490 g/mol. The molecule has 176 valence electrons. The summed E-state index contributed by atoms with van der Waals surface area (Å²) in [5.41, 5.74) is 0.803. The highest BCUT2D eigenvalue weighted by Crippen LogP contribution is 2.37. The smallest absolute Gasteiger partial charge is 0.321 e. The lowest BCUT2D eigenvalue weighted by molar-refractivity contribution is -0.119. The van der Waals surface area contributed by atoms with Crippen LogP contribution in [0.2, 0.25) is 0 Å². The largest absolute Gasteiger partial charge is 0.333 e.